The summed E-state index contributed by atoms with van der Waals surface area (Å²) in [6.45, 7) is 1.77. The van der Waals surface area contributed by atoms with Crippen molar-refractivity contribution in [3.63, 3.8) is 0 Å². The number of rotatable bonds is 2. The van der Waals surface area contributed by atoms with Crippen LogP contribution in [-0.4, -0.2) is 5.78 Å². The first-order valence-electron chi connectivity index (χ1n) is 5.35. The molecular formula is C14H8BrClF2O. The standard InChI is InChI=1S/C14H8BrClF2O/c1-7-2-8(4-9(16)3-7)14(19)10-5-13(18)11(15)6-12(10)17/h2-6H,1H3. The van der Waals surface area contributed by atoms with Gasteiger partial charge in [-0.2, -0.15) is 0 Å². The van der Waals surface area contributed by atoms with Crippen LogP contribution in [0, 0.1) is 18.6 Å². The molecule has 2 aromatic carbocycles. The number of carbonyl (C=O) groups excluding carboxylic acids is 1. The molecule has 0 unspecified atom stereocenters. The number of ketones is 1. The fourth-order valence-electron chi connectivity index (χ4n) is 1.72. The van der Waals surface area contributed by atoms with Gasteiger partial charge in [0, 0.05) is 10.6 Å². The zero-order valence-electron chi connectivity index (χ0n) is 9.81. The normalized spacial score (nSPS) is 10.6. The second kappa shape index (κ2) is 5.39. The van der Waals surface area contributed by atoms with E-state index in [1.165, 1.54) is 6.07 Å². The smallest absolute Gasteiger partial charge is 0.196 e. The number of aryl methyl sites for hydroxylation is 1. The zero-order valence-corrected chi connectivity index (χ0v) is 12.1. The molecule has 98 valence electrons. The van der Waals surface area contributed by atoms with Crippen molar-refractivity contribution in [3.05, 3.63) is 68.2 Å². The van der Waals surface area contributed by atoms with Gasteiger partial charge in [-0.05, 0) is 58.7 Å². The minimum Gasteiger partial charge on any atom is -0.288 e. The summed E-state index contributed by atoms with van der Waals surface area (Å²) in [6, 6.07) is 6.48. The Hall–Kier alpha value is -1.26. The number of carbonyl (C=O) groups is 1. The van der Waals surface area contributed by atoms with Crippen LogP contribution in [0.1, 0.15) is 21.5 Å². The Bertz CT molecular complexity index is 650. The van der Waals surface area contributed by atoms with Gasteiger partial charge in [-0.15, -0.1) is 0 Å². The van der Waals surface area contributed by atoms with Crippen LogP contribution in [0.15, 0.2) is 34.8 Å². The third-order valence-corrected chi connectivity index (χ3v) is 3.38. The molecule has 0 radical (unpaired) electrons. The first-order valence-corrected chi connectivity index (χ1v) is 6.52. The molecule has 0 amide bonds. The Morgan fingerprint density at radius 2 is 1.79 bits per heavy atom. The molecule has 0 saturated heterocycles. The maximum Gasteiger partial charge on any atom is 0.196 e. The van der Waals surface area contributed by atoms with Crippen LogP contribution < -0.4 is 0 Å². The molecule has 0 N–H and O–H groups in total. The lowest BCUT2D eigenvalue weighted by molar-refractivity contribution is 0.103. The van der Waals surface area contributed by atoms with Crippen LogP contribution in [-0.2, 0) is 0 Å². The maximum absolute atomic E-state index is 13.7. The van der Waals surface area contributed by atoms with Crippen LogP contribution in [0.25, 0.3) is 0 Å². The molecule has 0 heterocycles. The highest BCUT2D eigenvalue weighted by Gasteiger charge is 2.17. The van der Waals surface area contributed by atoms with E-state index in [1.54, 1.807) is 19.1 Å². The van der Waals surface area contributed by atoms with Crippen molar-refractivity contribution in [1.82, 2.24) is 0 Å². The number of benzene rings is 2. The van der Waals surface area contributed by atoms with Crippen molar-refractivity contribution in [2.24, 2.45) is 0 Å². The van der Waals surface area contributed by atoms with E-state index in [2.05, 4.69) is 15.9 Å². The number of halogens is 4. The molecule has 1 nitrogen and oxygen atoms in total. The average molecular weight is 346 g/mol. The molecule has 0 aliphatic heterocycles. The molecular weight excluding hydrogens is 338 g/mol. The Kier molecular flexibility index (Phi) is 4.02. The third-order valence-electron chi connectivity index (χ3n) is 2.56. The van der Waals surface area contributed by atoms with E-state index in [4.69, 9.17) is 11.6 Å². The lowest BCUT2D eigenvalue weighted by atomic mass is 10.0. The third kappa shape index (κ3) is 3.01. The van der Waals surface area contributed by atoms with Crippen LogP contribution in [0.3, 0.4) is 0 Å². The highest BCUT2D eigenvalue weighted by Crippen LogP contribution is 2.23. The van der Waals surface area contributed by atoms with Gasteiger partial charge in [0.2, 0.25) is 0 Å². The van der Waals surface area contributed by atoms with Gasteiger partial charge in [0.15, 0.2) is 5.78 Å². The quantitative estimate of drug-likeness (QED) is 0.558. The summed E-state index contributed by atoms with van der Waals surface area (Å²) >= 11 is 8.71. The summed E-state index contributed by atoms with van der Waals surface area (Å²) in [5, 5.41) is 0.376. The molecule has 0 aromatic heterocycles. The molecule has 2 aromatic rings. The van der Waals surface area contributed by atoms with Crippen molar-refractivity contribution < 1.29 is 13.6 Å². The van der Waals surface area contributed by atoms with E-state index >= 15 is 0 Å². The van der Waals surface area contributed by atoms with Crippen molar-refractivity contribution in [2.75, 3.05) is 0 Å². The first kappa shape index (κ1) is 14.2. The van der Waals surface area contributed by atoms with E-state index < -0.39 is 17.4 Å². The summed E-state index contributed by atoms with van der Waals surface area (Å²) in [7, 11) is 0. The molecule has 19 heavy (non-hydrogen) atoms. The lowest BCUT2D eigenvalue weighted by Crippen LogP contribution is -2.06. The van der Waals surface area contributed by atoms with E-state index in [-0.39, 0.29) is 15.6 Å². The monoisotopic (exact) mass is 344 g/mol. The SMILES string of the molecule is Cc1cc(Cl)cc(C(=O)c2cc(F)c(Br)cc2F)c1. The maximum atomic E-state index is 13.7. The molecule has 0 saturated carbocycles. The summed E-state index contributed by atoms with van der Waals surface area (Å²) in [5.74, 6) is -2.08. The molecule has 0 bridgehead atoms. The number of hydrogen-bond acceptors (Lipinski definition) is 1. The van der Waals surface area contributed by atoms with Gasteiger partial charge in [0.1, 0.15) is 11.6 Å². The molecule has 0 aliphatic rings. The lowest BCUT2D eigenvalue weighted by Gasteiger charge is -2.06. The topological polar surface area (TPSA) is 17.1 Å². The van der Waals surface area contributed by atoms with Crippen molar-refractivity contribution in [2.45, 2.75) is 6.92 Å². The van der Waals surface area contributed by atoms with Crippen LogP contribution in [0.2, 0.25) is 5.02 Å². The minimum atomic E-state index is -0.782. The Morgan fingerprint density at radius 1 is 1.11 bits per heavy atom. The van der Waals surface area contributed by atoms with E-state index in [0.29, 0.717) is 5.02 Å². The molecule has 0 atom stereocenters. The largest absolute Gasteiger partial charge is 0.288 e. The van der Waals surface area contributed by atoms with Crippen LogP contribution in [0.4, 0.5) is 8.78 Å². The van der Waals surface area contributed by atoms with E-state index in [0.717, 1.165) is 17.7 Å². The van der Waals surface area contributed by atoms with E-state index in [9.17, 15) is 13.6 Å². The average Bonchev–Trinajstić information content (AvgIpc) is 2.31. The van der Waals surface area contributed by atoms with Crippen molar-refractivity contribution in [1.29, 1.82) is 0 Å². The predicted molar refractivity (Wildman–Crippen MR) is 73.7 cm³/mol. The molecule has 0 aliphatic carbocycles. The zero-order chi connectivity index (χ0) is 14.2. The summed E-state index contributed by atoms with van der Waals surface area (Å²) < 4.78 is 27.1. The molecule has 5 heteroatoms. The van der Waals surface area contributed by atoms with Gasteiger partial charge in [-0.25, -0.2) is 8.78 Å². The predicted octanol–water partition coefficient (Wildman–Crippen LogP) is 4.92. The fraction of sp³-hybridized carbons (Fsp3) is 0.0714. The first-order chi connectivity index (χ1) is 8.88. The molecule has 0 fully saturated rings. The Morgan fingerprint density at radius 3 is 2.42 bits per heavy atom. The second-order valence-corrected chi connectivity index (χ2v) is 5.38. The molecule has 2 rings (SSSR count). The van der Waals surface area contributed by atoms with Crippen molar-refractivity contribution in [3.8, 4) is 0 Å². The summed E-state index contributed by atoms with van der Waals surface area (Å²) in [4.78, 5) is 12.2. The fourth-order valence-corrected chi connectivity index (χ4v) is 2.32. The van der Waals surface area contributed by atoms with E-state index in [1.807, 2.05) is 0 Å². The Balaban J connectivity index is 2.53. The summed E-state index contributed by atoms with van der Waals surface area (Å²) in [6.07, 6.45) is 0. The van der Waals surface area contributed by atoms with Gasteiger partial charge in [-0.1, -0.05) is 11.6 Å². The van der Waals surface area contributed by atoms with Gasteiger partial charge in [0.25, 0.3) is 0 Å². The van der Waals surface area contributed by atoms with Gasteiger partial charge < -0.3 is 0 Å². The van der Waals surface area contributed by atoms with Gasteiger partial charge in [-0.3, -0.25) is 4.79 Å². The van der Waals surface area contributed by atoms with Crippen LogP contribution >= 0.6 is 27.5 Å². The minimum absolute atomic E-state index is 0.0242. The number of hydrogen-bond donors (Lipinski definition) is 0. The highest BCUT2D eigenvalue weighted by molar-refractivity contribution is 9.10. The summed E-state index contributed by atoms with van der Waals surface area (Å²) in [5.41, 5.74) is 0.682. The Labute approximate surface area is 122 Å². The molecule has 0 spiro atoms. The van der Waals surface area contributed by atoms with Gasteiger partial charge in [0.05, 0.1) is 10.0 Å². The van der Waals surface area contributed by atoms with Crippen LogP contribution in [0.5, 0.6) is 0 Å². The van der Waals surface area contributed by atoms with Crippen molar-refractivity contribution >= 4 is 33.3 Å². The second-order valence-electron chi connectivity index (χ2n) is 4.09. The highest BCUT2D eigenvalue weighted by atomic mass is 79.9. The van der Waals surface area contributed by atoms with Gasteiger partial charge >= 0.3 is 0 Å².